The van der Waals surface area contributed by atoms with Gasteiger partial charge in [-0.2, -0.15) is 0 Å². The van der Waals surface area contributed by atoms with Gasteiger partial charge in [0.05, 0.1) is 11.5 Å². The van der Waals surface area contributed by atoms with E-state index in [1.54, 1.807) is 0 Å². The topological polar surface area (TPSA) is 62.3 Å². The van der Waals surface area contributed by atoms with Crippen LogP contribution in [0.25, 0.3) is 0 Å². The van der Waals surface area contributed by atoms with Gasteiger partial charge < -0.3 is 10.2 Å². The Balaban J connectivity index is 2.05. The van der Waals surface area contributed by atoms with Gasteiger partial charge in [-0.05, 0) is 39.3 Å². The Morgan fingerprint density at radius 3 is 2.38 bits per heavy atom. The van der Waals surface area contributed by atoms with E-state index in [2.05, 4.69) is 42.0 Å². The highest BCUT2D eigenvalue weighted by atomic mass is 32.2. The number of hydrogen-bond donors (Lipinski definition) is 1. The quantitative estimate of drug-likeness (QED) is 0.917. The number of pyridine rings is 1. The first kappa shape index (κ1) is 16.2. The first-order valence-electron chi connectivity index (χ1n) is 7.33. The average molecular weight is 311 g/mol. The third-order valence-corrected chi connectivity index (χ3v) is 5.27. The first-order chi connectivity index (χ1) is 9.66. The van der Waals surface area contributed by atoms with Gasteiger partial charge in [-0.15, -0.1) is 0 Å². The lowest BCUT2D eigenvalue weighted by Crippen LogP contribution is -2.40. The van der Waals surface area contributed by atoms with Gasteiger partial charge in [-0.3, -0.25) is 0 Å². The van der Waals surface area contributed by atoms with E-state index in [4.69, 9.17) is 0 Å². The summed E-state index contributed by atoms with van der Waals surface area (Å²) in [4.78, 5) is 6.69. The maximum absolute atomic E-state index is 11.5. The maximum Gasteiger partial charge on any atom is 0.153 e. The fraction of sp³-hybridized carbons (Fsp3) is 0.667. The van der Waals surface area contributed by atoms with Crippen LogP contribution in [0.5, 0.6) is 0 Å². The minimum atomic E-state index is -2.85. The Kier molecular flexibility index (Phi) is 4.58. The third kappa shape index (κ3) is 4.68. The first-order valence-corrected chi connectivity index (χ1v) is 9.15. The van der Waals surface area contributed by atoms with E-state index < -0.39 is 9.84 Å². The van der Waals surface area contributed by atoms with Gasteiger partial charge in [0.2, 0.25) is 0 Å². The molecule has 6 heteroatoms. The van der Waals surface area contributed by atoms with Gasteiger partial charge in [0.25, 0.3) is 0 Å². The van der Waals surface area contributed by atoms with Crippen molar-refractivity contribution in [1.29, 1.82) is 0 Å². The third-order valence-electron chi connectivity index (χ3n) is 3.66. The number of nitrogens with one attached hydrogen (secondary N) is 1. The van der Waals surface area contributed by atoms with Crippen LogP contribution in [-0.2, 0) is 16.4 Å². The molecule has 1 aromatic heterocycles. The van der Waals surface area contributed by atoms with Crippen molar-refractivity contribution in [2.75, 3.05) is 29.5 Å². The number of anilines is 1. The average Bonchev–Trinajstić information content (AvgIpc) is 2.36. The fourth-order valence-corrected chi connectivity index (χ4v) is 3.44. The molecule has 0 spiro atoms. The van der Waals surface area contributed by atoms with Crippen molar-refractivity contribution >= 4 is 15.7 Å². The highest BCUT2D eigenvalue weighted by molar-refractivity contribution is 7.91. The second kappa shape index (κ2) is 5.93. The van der Waals surface area contributed by atoms with Crippen LogP contribution < -0.4 is 10.2 Å². The second-order valence-corrected chi connectivity index (χ2v) is 8.96. The van der Waals surface area contributed by atoms with Crippen molar-refractivity contribution in [2.45, 2.75) is 39.8 Å². The lowest BCUT2D eigenvalue weighted by molar-refractivity contribution is 0.423. The molecular weight excluding hydrogens is 286 g/mol. The van der Waals surface area contributed by atoms with Gasteiger partial charge >= 0.3 is 0 Å². The Bertz CT molecular complexity index is 592. The van der Waals surface area contributed by atoms with Crippen molar-refractivity contribution in [3.63, 3.8) is 0 Å². The van der Waals surface area contributed by atoms with E-state index in [9.17, 15) is 8.42 Å². The summed E-state index contributed by atoms with van der Waals surface area (Å²) in [6.45, 7) is 10.3. The van der Waals surface area contributed by atoms with Crippen LogP contribution in [0.15, 0.2) is 12.1 Å². The van der Waals surface area contributed by atoms with Crippen molar-refractivity contribution in [1.82, 2.24) is 10.3 Å². The van der Waals surface area contributed by atoms with Crippen molar-refractivity contribution in [3.05, 3.63) is 23.4 Å². The Morgan fingerprint density at radius 2 is 1.86 bits per heavy atom. The fourth-order valence-electron chi connectivity index (χ4n) is 2.24. The summed E-state index contributed by atoms with van der Waals surface area (Å²) in [5.74, 6) is 1.32. The minimum Gasteiger partial charge on any atom is -0.355 e. The van der Waals surface area contributed by atoms with Gasteiger partial charge in [0, 0.05) is 30.9 Å². The van der Waals surface area contributed by atoms with Gasteiger partial charge in [0.15, 0.2) is 9.84 Å². The summed E-state index contributed by atoms with van der Waals surface area (Å²) in [5, 5.41) is 3.46. The van der Waals surface area contributed by atoms with Gasteiger partial charge in [-0.25, -0.2) is 13.4 Å². The Hall–Kier alpha value is -1.14. The van der Waals surface area contributed by atoms with E-state index in [1.165, 1.54) is 5.56 Å². The van der Waals surface area contributed by atoms with E-state index in [0.717, 1.165) is 18.1 Å². The molecule has 0 radical (unpaired) electrons. The van der Waals surface area contributed by atoms with Crippen molar-refractivity contribution in [3.8, 4) is 0 Å². The molecule has 0 atom stereocenters. The van der Waals surface area contributed by atoms with Crippen LogP contribution in [0.2, 0.25) is 0 Å². The summed E-state index contributed by atoms with van der Waals surface area (Å²) < 4.78 is 22.9. The molecule has 1 aliphatic heterocycles. The van der Waals surface area contributed by atoms with Crippen LogP contribution in [0.3, 0.4) is 0 Å². The zero-order valence-electron chi connectivity index (χ0n) is 13.3. The second-order valence-electron chi connectivity index (χ2n) is 6.66. The predicted octanol–water partition coefficient (Wildman–Crippen LogP) is 1.51. The number of nitrogens with zero attached hydrogens (tertiary/aromatic N) is 2. The number of sulfone groups is 1. The molecule has 0 aromatic carbocycles. The molecule has 1 saturated heterocycles. The van der Waals surface area contributed by atoms with Crippen molar-refractivity contribution in [2.24, 2.45) is 0 Å². The Labute approximate surface area is 127 Å². The lowest BCUT2D eigenvalue weighted by Gasteiger charge is -2.28. The number of hydrogen-bond acceptors (Lipinski definition) is 5. The Morgan fingerprint density at radius 1 is 1.24 bits per heavy atom. The zero-order chi connectivity index (χ0) is 15.7. The van der Waals surface area contributed by atoms with E-state index >= 15 is 0 Å². The molecule has 0 unspecified atom stereocenters. The summed E-state index contributed by atoms with van der Waals surface area (Å²) in [6, 6.07) is 4.07. The standard InChI is InChI=1S/C15H25N3O2S/c1-12-13(11-16-15(2,3)4)5-6-14(17-12)18-7-9-21(19,20)10-8-18/h5-6,16H,7-11H2,1-4H3. The molecule has 1 fully saturated rings. The van der Waals surface area contributed by atoms with Gasteiger partial charge in [-0.1, -0.05) is 6.07 Å². The molecule has 2 heterocycles. The molecular formula is C15H25N3O2S. The number of rotatable bonds is 3. The molecule has 118 valence electrons. The molecule has 0 aliphatic carbocycles. The van der Waals surface area contributed by atoms with Crippen LogP contribution >= 0.6 is 0 Å². The largest absolute Gasteiger partial charge is 0.355 e. The maximum atomic E-state index is 11.5. The predicted molar refractivity (Wildman–Crippen MR) is 86.4 cm³/mol. The lowest BCUT2D eigenvalue weighted by atomic mass is 10.1. The SMILES string of the molecule is Cc1nc(N2CCS(=O)(=O)CC2)ccc1CNC(C)(C)C. The van der Waals surface area contributed by atoms with Crippen LogP contribution in [0.4, 0.5) is 5.82 Å². The van der Waals surface area contributed by atoms with Crippen LogP contribution in [-0.4, -0.2) is 43.5 Å². The molecule has 21 heavy (non-hydrogen) atoms. The highest BCUT2D eigenvalue weighted by Gasteiger charge is 2.22. The molecule has 2 rings (SSSR count). The normalized spacial score (nSPS) is 18.8. The molecule has 0 saturated carbocycles. The van der Waals surface area contributed by atoms with Gasteiger partial charge in [0.1, 0.15) is 5.82 Å². The summed E-state index contributed by atoms with van der Waals surface area (Å²) in [6.07, 6.45) is 0. The van der Waals surface area contributed by atoms with E-state index in [-0.39, 0.29) is 17.0 Å². The molecule has 0 amide bonds. The molecule has 1 aliphatic rings. The molecule has 0 bridgehead atoms. The molecule has 1 aromatic rings. The summed E-state index contributed by atoms with van der Waals surface area (Å²) in [5.41, 5.74) is 2.25. The van der Waals surface area contributed by atoms with Crippen LogP contribution in [0.1, 0.15) is 32.0 Å². The highest BCUT2D eigenvalue weighted by Crippen LogP contribution is 2.18. The minimum absolute atomic E-state index is 0.0757. The summed E-state index contributed by atoms with van der Waals surface area (Å²) >= 11 is 0. The zero-order valence-corrected chi connectivity index (χ0v) is 14.1. The smallest absolute Gasteiger partial charge is 0.153 e. The van der Waals surface area contributed by atoms with Crippen LogP contribution in [0, 0.1) is 6.92 Å². The number of aryl methyl sites for hydroxylation is 1. The molecule has 5 nitrogen and oxygen atoms in total. The van der Waals surface area contributed by atoms with E-state index in [1.807, 2.05) is 13.0 Å². The number of aromatic nitrogens is 1. The monoisotopic (exact) mass is 311 g/mol. The summed E-state index contributed by atoms with van der Waals surface area (Å²) in [7, 11) is -2.85. The molecule has 1 N–H and O–H groups in total. The van der Waals surface area contributed by atoms with Crippen molar-refractivity contribution < 1.29 is 8.42 Å². The van der Waals surface area contributed by atoms with E-state index in [0.29, 0.717) is 13.1 Å².